The van der Waals surface area contributed by atoms with Gasteiger partial charge in [0, 0.05) is 18.5 Å². The lowest BCUT2D eigenvalue weighted by Crippen LogP contribution is -2.66. The van der Waals surface area contributed by atoms with Crippen LogP contribution in [0.4, 0.5) is 13.2 Å². The van der Waals surface area contributed by atoms with Crippen molar-refractivity contribution in [3.05, 3.63) is 35.9 Å². The second kappa shape index (κ2) is 4.22. The van der Waals surface area contributed by atoms with Crippen LogP contribution in [0, 0.1) is 5.41 Å². The van der Waals surface area contributed by atoms with Crippen LogP contribution in [0.5, 0.6) is 0 Å². The molecule has 1 N–H and O–H groups in total. The average molecular weight is 285 g/mol. The van der Waals surface area contributed by atoms with Gasteiger partial charge in [0.1, 0.15) is 5.60 Å². The maximum atomic E-state index is 12.5. The minimum absolute atomic E-state index is 0.0122. The highest BCUT2D eigenvalue weighted by molar-refractivity contribution is 5.76. The van der Waals surface area contributed by atoms with Gasteiger partial charge in [0.05, 0.1) is 0 Å². The van der Waals surface area contributed by atoms with Gasteiger partial charge in [-0.25, -0.2) is 4.79 Å². The average Bonchev–Trinajstić information content (AvgIpc) is 2.30. The van der Waals surface area contributed by atoms with Crippen LogP contribution < -0.4 is 5.32 Å². The third kappa shape index (κ3) is 2.08. The first-order chi connectivity index (χ1) is 9.35. The molecule has 0 atom stereocenters. The van der Waals surface area contributed by atoms with Crippen molar-refractivity contribution in [1.29, 1.82) is 0 Å². The highest BCUT2D eigenvalue weighted by Crippen LogP contribution is 2.58. The molecule has 3 nitrogen and oxygen atoms in total. The fourth-order valence-corrected chi connectivity index (χ4v) is 3.20. The van der Waals surface area contributed by atoms with Gasteiger partial charge in [-0.3, -0.25) is 0 Å². The molecule has 108 valence electrons. The molecule has 1 spiro atoms. The van der Waals surface area contributed by atoms with Crippen molar-refractivity contribution in [2.75, 3.05) is 13.1 Å². The molecule has 0 aromatic heterocycles. The number of benzene rings is 1. The van der Waals surface area contributed by atoms with Crippen molar-refractivity contribution in [3.63, 3.8) is 0 Å². The fourth-order valence-electron chi connectivity index (χ4n) is 3.20. The number of hydrogen-bond donors (Lipinski definition) is 1. The highest BCUT2D eigenvalue weighted by Gasteiger charge is 2.62. The molecule has 0 amide bonds. The Morgan fingerprint density at radius 3 is 2.20 bits per heavy atom. The summed E-state index contributed by atoms with van der Waals surface area (Å²) < 4.78 is 42.2. The number of alkyl halides is 3. The lowest BCUT2D eigenvalue weighted by Gasteiger charge is -2.60. The van der Waals surface area contributed by atoms with E-state index in [1.807, 2.05) is 0 Å². The molecule has 1 saturated carbocycles. The Bertz CT molecular complexity index is 515. The van der Waals surface area contributed by atoms with E-state index in [1.165, 1.54) is 0 Å². The summed E-state index contributed by atoms with van der Waals surface area (Å²) in [4.78, 5) is 11.2. The lowest BCUT2D eigenvalue weighted by atomic mass is 9.54. The van der Waals surface area contributed by atoms with Crippen LogP contribution in [0.25, 0.3) is 0 Å². The van der Waals surface area contributed by atoms with Crippen molar-refractivity contribution >= 4 is 5.97 Å². The van der Waals surface area contributed by atoms with Gasteiger partial charge < -0.3 is 10.1 Å². The predicted octanol–water partition coefficient (Wildman–Crippen LogP) is 2.37. The van der Waals surface area contributed by atoms with Crippen molar-refractivity contribution in [3.8, 4) is 0 Å². The van der Waals surface area contributed by atoms with E-state index in [1.54, 1.807) is 30.3 Å². The van der Waals surface area contributed by atoms with Gasteiger partial charge in [-0.05, 0) is 18.4 Å². The van der Waals surface area contributed by atoms with Gasteiger partial charge in [0.25, 0.3) is 0 Å². The van der Waals surface area contributed by atoms with E-state index in [0.717, 1.165) is 13.1 Å². The first kappa shape index (κ1) is 13.4. The number of esters is 1. The zero-order chi connectivity index (χ0) is 14.4. The summed E-state index contributed by atoms with van der Waals surface area (Å²) >= 11 is 0. The predicted molar refractivity (Wildman–Crippen MR) is 64.8 cm³/mol. The van der Waals surface area contributed by atoms with Gasteiger partial charge >= 0.3 is 12.1 Å². The summed E-state index contributed by atoms with van der Waals surface area (Å²) in [5.74, 6) is -2.11. The van der Waals surface area contributed by atoms with E-state index in [4.69, 9.17) is 4.74 Å². The fraction of sp³-hybridized carbons (Fsp3) is 0.500. The minimum Gasteiger partial charge on any atom is -0.447 e. The molecule has 1 aliphatic carbocycles. The van der Waals surface area contributed by atoms with Crippen molar-refractivity contribution in [2.45, 2.75) is 24.6 Å². The smallest absolute Gasteiger partial charge is 0.447 e. The Morgan fingerprint density at radius 1 is 1.15 bits per heavy atom. The number of rotatable bonds is 2. The molecular weight excluding hydrogens is 271 g/mol. The molecular formula is C14H14F3NO2. The third-order valence-electron chi connectivity index (χ3n) is 4.14. The van der Waals surface area contributed by atoms with Crippen molar-refractivity contribution < 1.29 is 22.7 Å². The number of halogens is 3. The summed E-state index contributed by atoms with van der Waals surface area (Å²) in [5, 5.41) is 3.11. The molecule has 20 heavy (non-hydrogen) atoms. The summed E-state index contributed by atoms with van der Waals surface area (Å²) in [5.41, 5.74) is -0.507. The second-order valence-electron chi connectivity index (χ2n) is 5.70. The van der Waals surface area contributed by atoms with E-state index in [0.29, 0.717) is 18.4 Å². The van der Waals surface area contributed by atoms with Crippen LogP contribution in [0.3, 0.4) is 0 Å². The Hall–Kier alpha value is -1.56. The molecule has 0 bridgehead atoms. The van der Waals surface area contributed by atoms with E-state index >= 15 is 0 Å². The van der Waals surface area contributed by atoms with E-state index in [9.17, 15) is 18.0 Å². The number of carbonyl (C=O) groups is 1. The maximum Gasteiger partial charge on any atom is 0.490 e. The Morgan fingerprint density at radius 2 is 1.75 bits per heavy atom. The number of carbonyl (C=O) groups excluding carboxylic acids is 1. The number of hydrogen-bond acceptors (Lipinski definition) is 3. The molecule has 6 heteroatoms. The first-order valence-electron chi connectivity index (χ1n) is 6.42. The first-order valence-corrected chi connectivity index (χ1v) is 6.42. The Labute approximate surface area is 114 Å². The zero-order valence-electron chi connectivity index (χ0n) is 10.7. The molecule has 1 aromatic carbocycles. The van der Waals surface area contributed by atoms with Crippen LogP contribution in [0.2, 0.25) is 0 Å². The molecule has 1 saturated heterocycles. The van der Waals surface area contributed by atoms with Crippen LogP contribution in [-0.2, 0) is 15.1 Å². The highest BCUT2D eigenvalue weighted by atomic mass is 19.4. The van der Waals surface area contributed by atoms with E-state index < -0.39 is 17.7 Å². The zero-order valence-corrected chi connectivity index (χ0v) is 10.7. The van der Waals surface area contributed by atoms with Gasteiger partial charge in [0.2, 0.25) is 0 Å². The third-order valence-corrected chi connectivity index (χ3v) is 4.14. The number of nitrogens with one attached hydrogen (secondary N) is 1. The Kier molecular flexibility index (Phi) is 2.83. The van der Waals surface area contributed by atoms with Gasteiger partial charge in [-0.1, -0.05) is 30.3 Å². The van der Waals surface area contributed by atoms with Crippen LogP contribution >= 0.6 is 0 Å². The van der Waals surface area contributed by atoms with Gasteiger partial charge in [0.15, 0.2) is 0 Å². The van der Waals surface area contributed by atoms with E-state index in [2.05, 4.69) is 5.32 Å². The molecule has 3 rings (SSSR count). The van der Waals surface area contributed by atoms with Crippen molar-refractivity contribution in [2.24, 2.45) is 5.41 Å². The standard InChI is InChI=1S/C14H14F3NO2/c15-14(16,17)11(19)20-13(10-4-2-1-3-5-10)6-12(7-13)8-18-9-12/h1-5,18H,6-9H2. The second-order valence-corrected chi connectivity index (χ2v) is 5.70. The minimum atomic E-state index is -4.96. The molecule has 1 aliphatic heterocycles. The number of ether oxygens (including phenoxy) is 1. The lowest BCUT2D eigenvalue weighted by molar-refractivity contribution is -0.241. The largest absolute Gasteiger partial charge is 0.490 e. The summed E-state index contributed by atoms with van der Waals surface area (Å²) in [7, 11) is 0. The molecule has 2 aliphatic rings. The van der Waals surface area contributed by atoms with Crippen LogP contribution in [-0.4, -0.2) is 25.2 Å². The molecule has 1 heterocycles. The quantitative estimate of drug-likeness (QED) is 0.848. The molecule has 0 unspecified atom stereocenters. The normalized spacial score (nSPS) is 22.8. The Balaban J connectivity index is 1.84. The van der Waals surface area contributed by atoms with Crippen LogP contribution in [0.1, 0.15) is 18.4 Å². The van der Waals surface area contributed by atoms with E-state index in [-0.39, 0.29) is 5.41 Å². The summed E-state index contributed by atoms with van der Waals surface area (Å²) in [6.07, 6.45) is -4.07. The van der Waals surface area contributed by atoms with Gasteiger partial charge in [-0.2, -0.15) is 13.2 Å². The molecule has 0 radical (unpaired) electrons. The monoisotopic (exact) mass is 285 g/mol. The topological polar surface area (TPSA) is 38.3 Å². The van der Waals surface area contributed by atoms with Crippen molar-refractivity contribution in [1.82, 2.24) is 5.32 Å². The van der Waals surface area contributed by atoms with Crippen LogP contribution in [0.15, 0.2) is 30.3 Å². The summed E-state index contributed by atoms with van der Waals surface area (Å²) in [6, 6.07) is 8.68. The molecule has 2 fully saturated rings. The molecule has 1 aromatic rings. The maximum absolute atomic E-state index is 12.5. The SMILES string of the molecule is O=C(OC1(c2ccccc2)CC2(CNC2)C1)C(F)(F)F. The van der Waals surface area contributed by atoms with Gasteiger partial charge in [-0.15, -0.1) is 0 Å². The summed E-state index contributed by atoms with van der Waals surface area (Å²) in [6.45, 7) is 1.54.